The molecule has 22 heavy (non-hydrogen) atoms. The molecule has 0 spiro atoms. The van der Waals surface area contributed by atoms with Gasteiger partial charge >= 0.3 is 0 Å². The van der Waals surface area contributed by atoms with Gasteiger partial charge < -0.3 is 0 Å². The largest absolute Gasteiger partial charge is 0.296 e. The Morgan fingerprint density at radius 3 is 2.64 bits per heavy atom. The Morgan fingerprint density at radius 2 is 2.00 bits per heavy atom. The smallest absolute Gasteiger partial charge is 0.257 e. The molecule has 0 saturated carbocycles. The highest BCUT2D eigenvalue weighted by molar-refractivity contribution is 7.15. The van der Waals surface area contributed by atoms with Gasteiger partial charge in [0.15, 0.2) is 0 Å². The summed E-state index contributed by atoms with van der Waals surface area (Å²) in [6, 6.07) is 5.42. The van der Waals surface area contributed by atoms with E-state index in [2.05, 4.69) is 29.4 Å². The molecule has 118 valence electrons. The van der Waals surface area contributed by atoms with Crippen LogP contribution in [0.4, 0.5) is 9.52 Å². The van der Waals surface area contributed by atoms with Crippen LogP contribution in [0.1, 0.15) is 60.8 Å². The van der Waals surface area contributed by atoms with Gasteiger partial charge in [0.2, 0.25) is 5.13 Å². The van der Waals surface area contributed by atoms with Crippen molar-refractivity contribution in [2.45, 2.75) is 45.4 Å². The van der Waals surface area contributed by atoms with Crippen molar-refractivity contribution in [3.05, 3.63) is 40.7 Å². The number of aromatic nitrogens is 2. The summed E-state index contributed by atoms with van der Waals surface area (Å²) in [6.07, 6.45) is 4.42. The summed E-state index contributed by atoms with van der Waals surface area (Å²) >= 11 is 1.41. The zero-order chi connectivity index (χ0) is 15.9. The lowest BCUT2D eigenvalue weighted by atomic mass is 10.0. The molecule has 1 heterocycles. The van der Waals surface area contributed by atoms with Crippen molar-refractivity contribution in [3.8, 4) is 0 Å². The van der Waals surface area contributed by atoms with E-state index < -0.39 is 0 Å². The first-order valence-electron chi connectivity index (χ1n) is 7.54. The zero-order valence-electron chi connectivity index (χ0n) is 12.8. The minimum absolute atomic E-state index is 0.302. The summed E-state index contributed by atoms with van der Waals surface area (Å²) in [7, 11) is 0. The number of rotatable bonds is 7. The van der Waals surface area contributed by atoms with Crippen LogP contribution in [-0.2, 0) is 0 Å². The van der Waals surface area contributed by atoms with Crippen LogP contribution in [0, 0.1) is 5.82 Å². The number of hydrogen-bond donors (Lipinski definition) is 1. The van der Waals surface area contributed by atoms with Crippen molar-refractivity contribution < 1.29 is 9.18 Å². The standard InChI is InChI=1S/C16H20FN3OS/c1-3-5-6-11(4-2)15-19-20-16(22-15)18-14(21)12-7-9-13(17)10-8-12/h7-11H,3-6H2,1-2H3,(H,18,20,21). The van der Waals surface area contributed by atoms with E-state index in [1.807, 2.05) is 0 Å². The fourth-order valence-electron chi connectivity index (χ4n) is 2.17. The molecule has 0 saturated heterocycles. The molecule has 0 fully saturated rings. The molecular formula is C16H20FN3OS. The van der Waals surface area contributed by atoms with E-state index in [9.17, 15) is 9.18 Å². The number of nitrogens with one attached hydrogen (secondary N) is 1. The number of carbonyl (C=O) groups excluding carboxylic acids is 1. The van der Waals surface area contributed by atoms with Gasteiger partial charge in [-0.3, -0.25) is 10.1 Å². The molecule has 0 bridgehead atoms. The second-order valence-corrected chi connectivity index (χ2v) is 6.16. The molecule has 1 aromatic heterocycles. The lowest BCUT2D eigenvalue weighted by molar-refractivity contribution is 0.102. The molecule has 1 unspecified atom stereocenters. The molecule has 1 atom stereocenters. The van der Waals surface area contributed by atoms with Gasteiger partial charge in [0, 0.05) is 11.5 Å². The van der Waals surface area contributed by atoms with Gasteiger partial charge in [-0.1, -0.05) is 38.0 Å². The lowest BCUT2D eigenvalue weighted by Gasteiger charge is -2.09. The van der Waals surface area contributed by atoms with Gasteiger partial charge in [-0.15, -0.1) is 10.2 Å². The number of anilines is 1. The molecule has 1 amide bonds. The van der Waals surface area contributed by atoms with Crippen LogP contribution < -0.4 is 5.32 Å². The monoisotopic (exact) mass is 321 g/mol. The Balaban J connectivity index is 2.01. The fourth-order valence-corrected chi connectivity index (χ4v) is 3.13. The molecule has 1 N–H and O–H groups in total. The van der Waals surface area contributed by atoms with Crippen molar-refractivity contribution in [1.82, 2.24) is 10.2 Å². The average molecular weight is 321 g/mol. The van der Waals surface area contributed by atoms with E-state index in [-0.39, 0.29) is 11.7 Å². The third kappa shape index (κ3) is 4.34. The molecular weight excluding hydrogens is 301 g/mol. The first-order valence-corrected chi connectivity index (χ1v) is 8.36. The van der Waals surface area contributed by atoms with Crippen molar-refractivity contribution in [3.63, 3.8) is 0 Å². The van der Waals surface area contributed by atoms with Crippen LogP contribution in [0.2, 0.25) is 0 Å². The van der Waals surface area contributed by atoms with Gasteiger partial charge in [0.25, 0.3) is 5.91 Å². The van der Waals surface area contributed by atoms with E-state index in [0.29, 0.717) is 16.6 Å². The highest BCUT2D eigenvalue weighted by atomic mass is 32.1. The van der Waals surface area contributed by atoms with Crippen LogP contribution in [0.3, 0.4) is 0 Å². The van der Waals surface area contributed by atoms with Gasteiger partial charge in [-0.05, 0) is 37.1 Å². The minimum atomic E-state index is -0.364. The number of halogens is 1. The second-order valence-electron chi connectivity index (χ2n) is 5.15. The first kappa shape index (κ1) is 16.5. The fraction of sp³-hybridized carbons (Fsp3) is 0.438. The van der Waals surface area contributed by atoms with Crippen LogP contribution in [0.25, 0.3) is 0 Å². The highest BCUT2D eigenvalue weighted by Gasteiger charge is 2.16. The van der Waals surface area contributed by atoms with Crippen molar-refractivity contribution in [1.29, 1.82) is 0 Å². The molecule has 0 aliphatic rings. The van der Waals surface area contributed by atoms with E-state index in [4.69, 9.17) is 0 Å². The number of benzene rings is 1. The van der Waals surface area contributed by atoms with E-state index >= 15 is 0 Å². The van der Waals surface area contributed by atoms with Gasteiger partial charge in [-0.25, -0.2) is 4.39 Å². The molecule has 2 rings (SSSR count). The van der Waals surface area contributed by atoms with Gasteiger partial charge in [-0.2, -0.15) is 0 Å². The second kappa shape index (κ2) is 7.98. The first-order chi connectivity index (χ1) is 10.6. The third-order valence-electron chi connectivity index (χ3n) is 3.52. The van der Waals surface area contributed by atoms with Gasteiger partial charge in [0.05, 0.1) is 0 Å². The Kier molecular flexibility index (Phi) is 6.00. The van der Waals surface area contributed by atoms with Crippen LogP contribution in [0.15, 0.2) is 24.3 Å². The normalized spacial score (nSPS) is 12.1. The molecule has 1 aromatic carbocycles. The summed E-state index contributed by atoms with van der Waals surface area (Å²) in [5, 5.41) is 12.4. The van der Waals surface area contributed by atoms with E-state index in [1.165, 1.54) is 35.6 Å². The summed E-state index contributed by atoms with van der Waals surface area (Å²) in [5.41, 5.74) is 0.399. The maximum absolute atomic E-state index is 12.9. The van der Waals surface area contributed by atoms with E-state index in [1.54, 1.807) is 0 Å². The number of nitrogens with zero attached hydrogens (tertiary/aromatic N) is 2. The quantitative estimate of drug-likeness (QED) is 0.810. The lowest BCUT2D eigenvalue weighted by Crippen LogP contribution is -2.11. The summed E-state index contributed by atoms with van der Waals surface area (Å²) < 4.78 is 12.9. The maximum atomic E-state index is 12.9. The summed E-state index contributed by atoms with van der Waals surface area (Å²) in [5.74, 6) is -0.269. The van der Waals surface area contributed by atoms with Crippen molar-refractivity contribution >= 4 is 22.4 Å². The van der Waals surface area contributed by atoms with Crippen LogP contribution in [0.5, 0.6) is 0 Å². The molecule has 4 nitrogen and oxygen atoms in total. The predicted octanol–water partition coefficient (Wildman–Crippen LogP) is 4.61. The maximum Gasteiger partial charge on any atom is 0.257 e. The molecule has 6 heteroatoms. The molecule has 0 radical (unpaired) electrons. The predicted molar refractivity (Wildman–Crippen MR) is 86.8 cm³/mol. The Bertz CT molecular complexity index is 612. The molecule has 0 aliphatic heterocycles. The number of unbranched alkanes of at least 4 members (excludes halogenated alkanes) is 1. The zero-order valence-corrected chi connectivity index (χ0v) is 13.6. The molecule has 2 aromatic rings. The van der Waals surface area contributed by atoms with Crippen molar-refractivity contribution in [2.75, 3.05) is 5.32 Å². The van der Waals surface area contributed by atoms with E-state index in [0.717, 1.165) is 30.7 Å². The minimum Gasteiger partial charge on any atom is -0.296 e. The highest BCUT2D eigenvalue weighted by Crippen LogP contribution is 2.29. The summed E-state index contributed by atoms with van der Waals surface area (Å²) in [4.78, 5) is 12.1. The average Bonchev–Trinajstić information content (AvgIpc) is 2.97. The SMILES string of the molecule is CCCCC(CC)c1nnc(NC(=O)c2ccc(F)cc2)s1. The number of carbonyl (C=O) groups is 1. The van der Waals surface area contributed by atoms with Crippen LogP contribution in [-0.4, -0.2) is 16.1 Å². The van der Waals surface area contributed by atoms with Crippen molar-refractivity contribution in [2.24, 2.45) is 0 Å². The Labute approximate surface area is 133 Å². The topological polar surface area (TPSA) is 54.9 Å². The number of amides is 1. The number of hydrogen-bond acceptors (Lipinski definition) is 4. The summed E-state index contributed by atoms with van der Waals surface area (Å²) in [6.45, 7) is 4.31. The third-order valence-corrected chi connectivity index (χ3v) is 4.52. The molecule has 0 aliphatic carbocycles. The Hall–Kier alpha value is -1.82. The Morgan fingerprint density at radius 1 is 1.27 bits per heavy atom. The van der Waals surface area contributed by atoms with Crippen LogP contribution >= 0.6 is 11.3 Å². The van der Waals surface area contributed by atoms with Gasteiger partial charge in [0.1, 0.15) is 10.8 Å².